The summed E-state index contributed by atoms with van der Waals surface area (Å²) in [6.45, 7) is 0. The van der Waals surface area contributed by atoms with Crippen molar-refractivity contribution in [3.8, 4) is 0 Å². The van der Waals surface area contributed by atoms with Gasteiger partial charge in [0.2, 0.25) is 0 Å². The molecule has 3 aliphatic heterocycles. The first-order chi connectivity index (χ1) is 10.4. The van der Waals surface area contributed by atoms with Crippen LogP contribution in [-0.2, 0) is 0 Å². The van der Waals surface area contributed by atoms with Crippen LogP contribution in [-0.4, -0.2) is 47.1 Å². The van der Waals surface area contributed by atoms with E-state index in [1.807, 2.05) is 58.0 Å². The van der Waals surface area contributed by atoms with Crippen LogP contribution in [0.4, 0.5) is 0 Å². The van der Waals surface area contributed by atoms with E-state index in [1.54, 1.807) is 18.6 Å². The molecule has 0 aliphatic carbocycles. The number of quaternary nitrogens is 3. The highest BCUT2D eigenvalue weighted by molar-refractivity contribution is 6.24. The highest BCUT2D eigenvalue weighted by atomic mass is 16.5. The Labute approximate surface area is 130 Å². The minimum atomic E-state index is -2.92. The van der Waals surface area contributed by atoms with E-state index in [9.17, 15) is 0 Å². The Kier molecular flexibility index (Phi) is 11.6. The first-order valence-electron chi connectivity index (χ1n) is 6.52. The van der Waals surface area contributed by atoms with Gasteiger partial charge in [0.1, 0.15) is 18.6 Å². The summed E-state index contributed by atoms with van der Waals surface area (Å²) < 4.78 is 0. The van der Waals surface area contributed by atoms with Gasteiger partial charge in [-0.25, -0.2) is 0 Å². The molecule has 0 aromatic heterocycles. The minimum Gasteiger partial charge on any atom is -0.907 e. The molecular formula is C12H21BN6O3. The molecule has 0 bridgehead atoms. The lowest BCUT2D eigenvalue weighted by Crippen LogP contribution is -2.97. The van der Waals surface area contributed by atoms with Gasteiger partial charge in [-0.05, 0) is 0 Å². The zero-order valence-electron chi connectivity index (χ0n) is 12.8. The number of rotatable bonds is 0. The van der Waals surface area contributed by atoms with Gasteiger partial charge in [-0.2, -0.15) is 15.0 Å². The van der Waals surface area contributed by atoms with Gasteiger partial charge in [0.05, 0.1) is 39.8 Å². The lowest BCUT2D eigenvalue weighted by atomic mass is 10.3. The third kappa shape index (κ3) is 14.5. The Bertz CT molecular complexity index is 361. The fourth-order valence-electron chi connectivity index (χ4n) is 1.16. The van der Waals surface area contributed by atoms with Crippen LogP contribution < -0.4 is 30.1 Å². The molecule has 22 heavy (non-hydrogen) atoms. The molecule has 0 aromatic rings. The first-order valence-corrected chi connectivity index (χ1v) is 6.52. The van der Waals surface area contributed by atoms with E-state index in [1.165, 1.54) is 0 Å². The molecule has 120 valence electrons. The van der Waals surface area contributed by atoms with Crippen LogP contribution in [0.25, 0.3) is 0 Å². The van der Waals surface area contributed by atoms with E-state index in [4.69, 9.17) is 15.1 Å². The lowest BCUT2D eigenvalue weighted by molar-refractivity contribution is -0.828. The number of hydrogen-bond acceptors (Lipinski definition) is 6. The Balaban J connectivity index is 0.000000271. The summed E-state index contributed by atoms with van der Waals surface area (Å²) in [7, 11) is 3.00. The van der Waals surface area contributed by atoms with E-state index < -0.39 is 7.32 Å². The molecule has 3 N–H and O–H groups in total. The summed E-state index contributed by atoms with van der Waals surface area (Å²) in [5.41, 5.74) is 0. The fraction of sp³-hybridized carbons (Fsp3) is 0.250. The maximum absolute atomic E-state index is 8.42. The summed E-state index contributed by atoms with van der Waals surface area (Å²) in [5, 5.41) is 40.3. The summed E-state index contributed by atoms with van der Waals surface area (Å²) in [6, 6.07) is 0. The van der Waals surface area contributed by atoms with E-state index in [0.29, 0.717) is 0 Å². The second-order valence-corrected chi connectivity index (χ2v) is 4.12. The average Bonchev–Trinajstić information content (AvgIpc) is 3.15. The maximum atomic E-state index is 8.42. The Morgan fingerprint density at radius 2 is 0.864 bits per heavy atom. The number of nitrogens with zero attached hydrogens (tertiary/aromatic N) is 3. The molecule has 3 atom stereocenters. The Morgan fingerprint density at radius 1 is 0.636 bits per heavy atom. The topological polar surface area (TPSA) is 120 Å². The van der Waals surface area contributed by atoms with Crippen LogP contribution in [0, 0.1) is 0 Å². The predicted octanol–water partition coefficient (Wildman–Crippen LogP) is -6.91. The molecule has 3 aliphatic rings. The lowest BCUT2D eigenvalue weighted by Gasteiger charge is -2.35. The SMILES string of the molecule is C[NH+]1C=CC=N1.C[NH+]1C=CC=N1.C[NH+]1C=CC=N1.[O-]B([O-])[O-]. The van der Waals surface area contributed by atoms with Crippen molar-refractivity contribution in [1.82, 2.24) is 0 Å². The Hall–Kier alpha value is -1.95. The third-order valence-electron chi connectivity index (χ3n) is 2.10. The molecule has 0 radical (unpaired) electrons. The molecule has 3 unspecified atom stereocenters. The smallest absolute Gasteiger partial charge is 0.122 e. The van der Waals surface area contributed by atoms with Crippen LogP contribution in [0.1, 0.15) is 0 Å². The zero-order valence-corrected chi connectivity index (χ0v) is 12.8. The molecule has 0 aromatic carbocycles. The highest BCUT2D eigenvalue weighted by Gasteiger charge is 1.92. The molecule has 3 rings (SSSR count). The van der Waals surface area contributed by atoms with Crippen LogP contribution in [0.5, 0.6) is 0 Å². The molecule has 0 spiro atoms. The predicted molar refractivity (Wildman–Crippen MR) is 79.3 cm³/mol. The van der Waals surface area contributed by atoms with Crippen LogP contribution in [0.2, 0.25) is 0 Å². The standard InChI is InChI=1S/3C4H6N2.BO3/c3*1-6-4-2-3-5-6;2-1(3)4/h3*2-4H,1H3;/q;;;-3/p+3. The fourth-order valence-corrected chi connectivity index (χ4v) is 1.16. The van der Waals surface area contributed by atoms with E-state index in [-0.39, 0.29) is 0 Å². The molecule has 0 saturated heterocycles. The molecule has 0 amide bonds. The average molecular weight is 308 g/mol. The van der Waals surface area contributed by atoms with Gasteiger partial charge < -0.3 is 15.1 Å². The largest absolute Gasteiger partial charge is 0.907 e. The van der Waals surface area contributed by atoms with Crippen molar-refractivity contribution in [2.75, 3.05) is 21.1 Å². The van der Waals surface area contributed by atoms with Gasteiger partial charge in [0, 0.05) is 18.2 Å². The zero-order chi connectivity index (χ0) is 16.8. The third-order valence-corrected chi connectivity index (χ3v) is 2.10. The van der Waals surface area contributed by atoms with Crippen LogP contribution >= 0.6 is 0 Å². The molecular weight excluding hydrogens is 287 g/mol. The molecule has 0 fully saturated rings. The van der Waals surface area contributed by atoms with Crippen LogP contribution in [0.15, 0.2) is 52.1 Å². The van der Waals surface area contributed by atoms with Crippen molar-refractivity contribution in [2.45, 2.75) is 0 Å². The molecule has 0 saturated carbocycles. The first kappa shape index (κ1) is 20.1. The quantitative estimate of drug-likeness (QED) is 0.386. The highest BCUT2D eigenvalue weighted by Crippen LogP contribution is 1.62. The monoisotopic (exact) mass is 308 g/mol. The van der Waals surface area contributed by atoms with Gasteiger partial charge in [-0.3, -0.25) is 7.32 Å². The summed E-state index contributed by atoms with van der Waals surface area (Å²) >= 11 is 0. The number of hydrogen-bond donors (Lipinski definition) is 3. The van der Waals surface area contributed by atoms with Gasteiger partial charge in [0.15, 0.2) is 0 Å². The maximum Gasteiger partial charge on any atom is 0.122 e. The van der Waals surface area contributed by atoms with Gasteiger partial charge >= 0.3 is 0 Å². The van der Waals surface area contributed by atoms with Crippen molar-refractivity contribution >= 4 is 26.0 Å². The van der Waals surface area contributed by atoms with Crippen molar-refractivity contribution in [3.05, 3.63) is 36.8 Å². The number of allylic oxidation sites excluding steroid dienone is 3. The van der Waals surface area contributed by atoms with Crippen molar-refractivity contribution in [2.24, 2.45) is 15.3 Å². The van der Waals surface area contributed by atoms with Crippen molar-refractivity contribution in [1.29, 1.82) is 0 Å². The summed E-state index contributed by atoms with van der Waals surface area (Å²) in [5.74, 6) is 0. The van der Waals surface area contributed by atoms with E-state index in [0.717, 1.165) is 15.0 Å². The van der Waals surface area contributed by atoms with Gasteiger partial charge in [0.25, 0.3) is 0 Å². The van der Waals surface area contributed by atoms with Crippen LogP contribution in [0.3, 0.4) is 0 Å². The van der Waals surface area contributed by atoms with E-state index >= 15 is 0 Å². The second kappa shape index (κ2) is 12.8. The second-order valence-electron chi connectivity index (χ2n) is 4.12. The summed E-state index contributed by atoms with van der Waals surface area (Å²) in [4.78, 5) is 0. The van der Waals surface area contributed by atoms with Crippen molar-refractivity contribution in [3.63, 3.8) is 0 Å². The molecule has 9 nitrogen and oxygen atoms in total. The van der Waals surface area contributed by atoms with Gasteiger partial charge in [-0.15, -0.1) is 0 Å². The number of nitrogens with one attached hydrogen (secondary N) is 3. The summed E-state index contributed by atoms with van der Waals surface area (Å²) in [6.07, 6.45) is 17.1. The Morgan fingerprint density at radius 3 is 0.909 bits per heavy atom. The molecule has 10 heteroatoms. The minimum absolute atomic E-state index is 1.09. The van der Waals surface area contributed by atoms with Crippen molar-refractivity contribution < 1.29 is 30.1 Å². The van der Waals surface area contributed by atoms with E-state index in [2.05, 4.69) is 15.3 Å². The van der Waals surface area contributed by atoms with Gasteiger partial charge in [-0.1, -0.05) is 15.3 Å². The molecule has 3 heterocycles. The normalized spacial score (nSPS) is 25.1.